The van der Waals surface area contributed by atoms with Gasteiger partial charge in [-0.3, -0.25) is 0 Å². The van der Waals surface area contributed by atoms with Gasteiger partial charge in [-0.2, -0.15) is 0 Å². The molecule has 6 heteroatoms. The number of rotatable bonds is 4. The Bertz CT molecular complexity index is 797. The maximum absolute atomic E-state index is 5.69. The molecule has 0 aliphatic heterocycles. The quantitative estimate of drug-likeness (QED) is 0.792. The zero-order valence-corrected chi connectivity index (χ0v) is 13.2. The van der Waals surface area contributed by atoms with Crippen molar-refractivity contribution in [3.05, 3.63) is 59.8 Å². The van der Waals surface area contributed by atoms with E-state index >= 15 is 0 Å². The van der Waals surface area contributed by atoms with Crippen LogP contribution in [0.15, 0.2) is 42.7 Å². The molecule has 0 saturated carbocycles. The van der Waals surface area contributed by atoms with Crippen LogP contribution in [0.5, 0.6) is 11.8 Å². The fourth-order valence-corrected chi connectivity index (χ4v) is 2.12. The van der Waals surface area contributed by atoms with Crippen LogP contribution in [0.2, 0.25) is 0 Å². The summed E-state index contributed by atoms with van der Waals surface area (Å²) in [4.78, 5) is 16.8. The van der Waals surface area contributed by atoms with Crippen LogP contribution in [0.4, 0.5) is 11.5 Å². The van der Waals surface area contributed by atoms with E-state index in [2.05, 4.69) is 25.3 Å². The molecule has 0 radical (unpaired) electrons. The number of hydrogen-bond donors (Lipinski definition) is 1. The van der Waals surface area contributed by atoms with Gasteiger partial charge in [-0.25, -0.2) is 19.9 Å². The average molecular weight is 307 g/mol. The van der Waals surface area contributed by atoms with Gasteiger partial charge in [0.2, 0.25) is 0 Å². The highest BCUT2D eigenvalue weighted by molar-refractivity contribution is 5.57. The Balaban J connectivity index is 1.71. The van der Waals surface area contributed by atoms with Crippen LogP contribution < -0.4 is 10.1 Å². The summed E-state index contributed by atoms with van der Waals surface area (Å²) in [5.41, 5.74) is 3.58. The Hall–Kier alpha value is -3.02. The van der Waals surface area contributed by atoms with E-state index in [0.29, 0.717) is 11.8 Å². The van der Waals surface area contributed by atoms with Crippen LogP contribution in [0, 0.1) is 20.8 Å². The van der Waals surface area contributed by atoms with Gasteiger partial charge < -0.3 is 10.1 Å². The summed E-state index contributed by atoms with van der Waals surface area (Å²) >= 11 is 0. The molecule has 0 aliphatic rings. The van der Waals surface area contributed by atoms with Crippen molar-refractivity contribution in [1.29, 1.82) is 0 Å². The van der Waals surface area contributed by atoms with Crippen LogP contribution in [0.25, 0.3) is 0 Å². The highest BCUT2D eigenvalue weighted by Gasteiger charge is 2.03. The molecule has 1 aromatic carbocycles. The third kappa shape index (κ3) is 4.00. The Labute approximate surface area is 134 Å². The summed E-state index contributed by atoms with van der Waals surface area (Å²) in [7, 11) is 0. The third-order valence-electron chi connectivity index (χ3n) is 3.10. The van der Waals surface area contributed by atoms with Gasteiger partial charge in [0.1, 0.15) is 17.9 Å². The van der Waals surface area contributed by atoms with Crippen LogP contribution in [-0.4, -0.2) is 19.9 Å². The second kappa shape index (κ2) is 6.39. The van der Waals surface area contributed by atoms with Gasteiger partial charge in [-0.1, -0.05) is 0 Å². The lowest BCUT2D eigenvalue weighted by molar-refractivity contribution is 0.439. The molecule has 23 heavy (non-hydrogen) atoms. The lowest BCUT2D eigenvalue weighted by atomic mass is 10.3. The zero-order chi connectivity index (χ0) is 16.2. The van der Waals surface area contributed by atoms with Gasteiger partial charge in [0.25, 0.3) is 0 Å². The number of nitrogens with zero attached hydrogens (tertiary/aromatic N) is 4. The molecule has 0 atom stereocenters. The van der Waals surface area contributed by atoms with E-state index in [1.165, 1.54) is 6.33 Å². The standard InChI is InChI=1S/C17H17N5O/c1-11-9-16(19-10-18-11)22-14-4-6-15(7-5-14)23-17-20-12(2)8-13(3)21-17/h4-10H,1-3H3,(H,18,19,22). The average Bonchev–Trinajstić information content (AvgIpc) is 2.48. The molecular formula is C17H17N5O. The number of anilines is 2. The first kappa shape index (κ1) is 14.9. The molecule has 3 aromatic rings. The Kier molecular flexibility index (Phi) is 4.14. The summed E-state index contributed by atoms with van der Waals surface area (Å²) in [6.45, 7) is 5.75. The molecule has 0 fully saturated rings. The molecule has 2 heterocycles. The summed E-state index contributed by atoms with van der Waals surface area (Å²) in [6, 6.07) is 11.7. The fourth-order valence-electron chi connectivity index (χ4n) is 2.12. The molecule has 0 saturated heterocycles. The molecule has 6 nitrogen and oxygen atoms in total. The molecule has 2 aromatic heterocycles. The van der Waals surface area contributed by atoms with E-state index in [9.17, 15) is 0 Å². The van der Waals surface area contributed by atoms with Gasteiger partial charge in [0.15, 0.2) is 0 Å². The van der Waals surface area contributed by atoms with Crippen LogP contribution in [-0.2, 0) is 0 Å². The number of hydrogen-bond acceptors (Lipinski definition) is 6. The minimum Gasteiger partial charge on any atom is -0.424 e. The first-order valence-electron chi connectivity index (χ1n) is 7.24. The van der Waals surface area contributed by atoms with E-state index in [1.54, 1.807) is 0 Å². The van der Waals surface area contributed by atoms with Gasteiger partial charge >= 0.3 is 6.01 Å². The number of aryl methyl sites for hydroxylation is 3. The number of nitrogens with one attached hydrogen (secondary N) is 1. The van der Waals surface area contributed by atoms with Crippen molar-refractivity contribution in [3.8, 4) is 11.8 Å². The van der Waals surface area contributed by atoms with Gasteiger partial charge in [0.05, 0.1) is 0 Å². The summed E-state index contributed by atoms with van der Waals surface area (Å²) in [5.74, 6) is 1.43. The molecular weight excluding hydrogens is 290 g/mol. The van der Waals surface area contributed by atoms with Gasteiger partial charge in [0, 0.05) is 28.8 Å². The lowest BCUT2D eigenvalue weighted by Gasteiger charge is -2.08. The zero-order valence-electron chi connectivity index (χ0n) is 13.2. The minimum absolute atomic E-state index is 0.356. The van der Waals surface area contributed by atoms with Gasteiger partial charge in [-0.15, -0.1) is 0 Å². The predicted molar refractivity (Wildman–Crippen MR) is 88.1 cm³/mol. The van der Waals surface area contributed by atoms with Gasteiger partial charge in [-0.05, 0) is 51.1 Å². The van der Waals surface area contributed by atoms with Crippen molar-refractivity contribution in [2.24, 2.45) is 0 Å². The first-order chi connectivity index (χ1) is 11.1. The largest absolute Gasteiger partial charge is 0.424 e. The van der Waals surface area contributed by atoms with E-state index in [4.69, 9.17) is 4.74 Å². The van der Waals surface area contributed by atoms with Crippen molar-refractivity contribution in [2.75, 3.05) is 5.32 Å². The highest BCUT2D eigenvalue weighted by Crippen LogP contribution is 2.22. The van der Waals surface area contributed by atoms with Crippen molar-refractivity contribution < 1.29 is 4.74 Å². The molecule has 0 amide bonds. The molecule has 116 valence electrons. The van der Waals surface area contributed by atoms with Crippen molar-refractivity contribution in [2.45, 2.75) is 20.8 Å². The highest BCUT2D eigenvalue weighted by atomic mass is 16.5. The molecule has 3 rings (SSSR count). The maximum atomic E-state index is 5.69. The number of benzene rings is 1. The van der Waals surface area contributed by atoms with Crippen LogP contribution >= 0.6 is 0 Å². The van der Waals surface area contributed by atoms with Crippen molar-refractivity contribution >= 4 is 11.5 Å². The Morgan fingerprint density at radius 2 is 1.52 bits per heavy atom. The Morgan fingerprint density at radius 1 is 0.826 bits per heavy atom. The third-order valence-corrected chi connectivity index (χ3v) is 3.10. The first-order valence-corrected chi connectivity index (χ1v) is 7.24. The molecule has 0 spiro atoms. The maximum Gasteiger partial charge on any atom is 0.322 e. The number of aromatic nitrogens is 4. The van der Waals surface area contributed by atoms with E-state index in [-0.39, 0.29) is 0 Å². The molecule has 0 unspecified atom stereocenters. The summed E-state index contributed by atoms with van der Waals surface area (Å²) in [6.07, 6.45) is 1.53. The summed E-state index contributed by atoms with van der Waals surface area (Å²) in [5, 5.41) is 3.22. The lowest BCUT2D eigenvalue weighted by Crippen LogP contribution is -1.97. The fraction of sp³-hybridized carbons (Fsp3) is 0.176. The minimum atomic E-state index is 0.356. The smallest absolute Gasteiger partial charge is 0.322 e. The SMILES string of the molecule is Cc1cc(Nc2ccc(Oc3nc(C)cc(C)n3)cc2)ncn1. The summed E-state index contributed by atoms with van der Waals surface area (Å²) < 4.78 is 5.69. The molecule has 0 aliphatic carbocycles. The van der Waals surface area contributed by atoms with Crippen LogP contribution in [0.1, 0.15) is 17.1 Å². The normalized spacial score (nSPS) is 10.4. The monoisotopic (exact) mass is 307 g/mol. The van der Waals surface area contributed by atoms with Crippen LogP contribution in [0.3, 0.4) is 0 Å². The number of ether oxygens (including phenoxy) is 1. The van der Waals surface area contributed by atoms with E-state index < -0.39 is 0 Å². The topological polar surface area (TPSA) is 72.8 Å². The van der Waals surface area contributed by atoms with Crippen molar-refractivity contribution in [3.63, 3.8) is 0 Å². The van der Waals surface area contributed by atoms with E-state index in [0.717, 1.165) is 28.6 Å². The second-order valence-electron chi connectivity index (χ2n) is 5.23. The molecule has 1 N–H and O–H groups in total. The molecule has 0 bridgehead atoms. The van der Waals surface area contributed by atoms with Crippen molar-refractivity contribution in [1.82, 2.24) is 19.9 Å². The predicted octanol–water partition coefficient (Wildman–Crippen LogP) is 3.73. The Morgan fingerprint density at radius 3 is 2.17 bits per heavy atom. The second-order valence-corrected chi connectivity index (χ2v) is 5.23. The van der Waals surface area contributed by atoms with E-state index in [1.807, 2.05) is 57.2 Å².